The van der Waals surface area contributed by atoms with Crippen molar-refractivity contribution in [3.05, 3.63) is 0 Å². The SMILES string of the molecule is C[N+](C)(CC(O)CNCCNCC(O)C[N+](C)(C)CC(O)C[N+](C)(C)CC(O)C[N+](CCO)(CCO)CCO)CC(O)C[N+](C)(C)CC(O)C[N+](CCO)(CCO)CCO. The van der Waals surface area contributed by atoms with E-state index < -0.39 is 36.6 Å². The Hall–Kier alpha value is -0.800. The van der Waals surface area contributed by atoms with Gasteiger partial charge in [0.15, 0.2) is 24.4 Å². The quantitative estimate of drug-likeness (QED) is 0.0202. The molecule has 0 bridgehead atoms. The van der Waals surface area contributed by atoms with Crippen molar-refractivity contribution >= 4 is 0 Å². The van der Waals surface area contributed by atoms with Gasteiger partial charge in [-0.05, 0) is 0 Å². The molecule has 60 heavy (non-hydrogen) atoms. The van der Waals surface area contributed by atoms with Crippen LogP contribution in [-0.2, 0) is 0 Å². The van der Waals surface area contributed by atoms with Crippen molar-refractivity contribution < 1.29 is 88.2 Å². The van der Waals surface area contributed by atoms with Gasteiger partial charge in [-0.2, -0.15) is 0 Å². The largest absolute Gasteiger partial charge is 0.391 e. The Kier molecular flexibility index (Phi) is 28.5. The number of rotatable bonds is 39. The molecule has 0 fully saturated rings. The van der Waals surface area contributed by atoms with Gasteiger partial charge >= 0.3 is 0 Å². The third-order valence-corrected chi connectivity index (χ3v) is 11.5. The van der Waals surface area contributed by atoms with Gasteiger partial charge in [0.2, 0.25) is 0 Å². The molecule has 6 unspecified atom stereocenters. The minimum atomic E-state index is -0.777. The van der Waals surface area contributed by atoms with Crippen LogP contribution in [0.5, 0.6) is 0 Å². The summed E-state index contributed by atoms with van der Waals surface area (Å²) in [5, 5.41) is 129. The second kappa shape index (κ2) is 28.9. The standard InChI is InChI=1S/C40H96N8O12/c1-43(2,27-37(57)29-45(5,6)31-39(59)33-47(11-17-49,12-18-50)13-19-51)25-35(55)23-41-9-10-42-24-36(56)26-44(3,4)28-38(58)30-46(7,8)32-40(60)34-48(14-20-52,15-21-53)16-22-54/h35-42,49-60H,9-34H2,1-8H3/q+6. The molecular formula is C40H96N8O12+6. The van der Waals surface area contributed by atoms with Gasteiger partial charge in [0.1, 0.15) is 117 Å². The molecule has 0 saturated heterocycles. The van der Waals surface area contributed by atoms with E-state index in [1.54, 1.807) is 0 Å². The smallest absolute Gasteiger partial charge is 0.152 e. The summed E-state index contributed by atoms with van der Waals surface area (Å²) in [5.74, 6) is 0. The molecule has 20 nitrogen and oxygen atoms in total. The minimum Gasteiger partial charge on any atom is -0.391 e. The average molecular weight is 881 g/mol. The van der Waals surface area contributed by atoms with E-state index in [0.717, 1.165) is 0 Å². The number of nitrogens with zero attached hydrogens (tertiary/aromatic N) is 6. The Morgan fingerprint density at radius 2 is 0.483 bits per heavy atom. The van der Waals surface area contributed by atoms with Gasteiger partial charge in [-0.15, -0.1) is 0 Å². The summed E-state index contributed by atoms with van der Waals surface area (Å²) in [6, 6.07) is 0. The lowest BCUT2D eigenvalue weighted by Gasteiger charge is -2.41. The summed E-state index contributed by atoms with van der Waals surface area (Å²) in [4.78, 5) is 0. The highest BCUT2D eigenvalue weighted by molar-refractivity contribution is 4.66. The third kappa shape index (κ3) is 26.7. The topological polar surface area (TPSA) is 267 Å². The molecule has 0 aliphatic carbocycles. The van der Waals surface area contributed by atoms with Gasteiger partial charge in [-0.25, -0.2) is 0 Å². The monoisotopic (exact) mass is 881 g/mol. The first-order valence-corrected chi connectivity index (χ1v) is 21.9. The zero-order valence-electron chi connectivity index (χ0n) is 38.9. The number of aliphatic hydroxyl groups is 12. The van der Waals surface area contributed by atoms with Gasteiger partial charge in [-0.1, -0.05) is 0 Å². The van der Waals surface area contributed by atoms with Crippen molar-refractivity contribution in [2.45, 2.75) is 36.6 Å². The van der Waals surface area contributed by atoms with Crippen LogP contribution in [0, 0.1) is 0 Å². The number of hydrogen-bond donors (Lipinski definition) is 14. The number of hydrogen-bond acceptors (Lipinski definition) is 14. The lowest BCUT2D eigenvalue weighted by molar-refractivity contribution is -0.942. The number of nitrogens with one attached hydrogen (secondary N) is 2. The molecule has 362 valence electrons. The van der Waals surface area contributed by atoms with Crippen molar-refractivity contribution in [3.63, 3.8) is 0 Å². The molecule has 0 saturated carbocycles. The van der Waals surface area contributed by atoms with E-state index >= 15 is 0 Å². The molecule has 0 heterocycles. The predicted molar refractivity (Wildman–Crippen MR) is 231 cm³/mol. The summed E-state index contributed by atoms with van der Waals surface area (Å²) in [5.41, 5.74) is 0. The van der Waals surface area contributed by atoms with Crippen molar-refractivity contribution in [1.29, 1.82) is 0 Å². The highest BCUT2D eigenvalue weighted by atomic mass is 16.3. The van der Waals surface area contributed by atoms with Crippen LogP contribution in [-0.4, -0.2) is 352 Å². The van der Waals surface area contributed by atoms with Gasteiger partial charge in [-0.3, -0.25) is 0 Å². The van der Waals surface area contributed by atoms with Crippen LogP contribution in [0.4, 0.5) is 0 Å². The Bertz CT molecular complexity index is 981. The van der Waals surface area contributed by atoms with E-state index in [4.69, 9.17) is 0 Å². The Labute approximate surface area is 361 Å². The zero-order valence-corrected chi connectivity index (χ0v) is 38.9. The molecule has 0 aliphatic heterocycles. The maximum absolute atomic E-state index is 11.0. The van der Waals surface area contributed by atoms with E-state index in [0.29, 0.717) is 136 Å². The summed E-state index contributed by atoms with van der Waals surface area (Å²) in [7, 11) is 15.5. The molecule has 14 N–H and O–H groups in total. The average Bonchev–Trinajstić information content (AvgIpc) is 3.04. The highest BCUT2D eigenvalue weighted by Crippen LogP contribution is 2.14. The van der Waals surface area contributed by atoms with Gasteiger partial charge in [0.25, 0.3) is 0 Å². The van der Waals surface area contributed by atoms with Crippen LogP contribution in [0.1, 0.15) is 0 Å². The van der Waals surface area contributed by atoms with Crippen molar-refractivity contribution in [3.8, 4) is 0 Å². The number of aliphatic hydroxyl groups excluding tert-OH is 12. The van der Waals surface area contributed by atoms with Crippen LogP contribution in [0.25, 0.3) is 0 Å². The highest BCUT2D eigenvalue weighted by Gasteiger charge is 2.37. The fourth-order valence-electron chi connectivity index (χ4n) is 9.32. The Morgan fingerprint density at radius 1 is 0.300 bits per heavy atom. The predicted octanol–water partition coefficient (Wildman–Crippen LogP) is -7.78. The van der Waals surface area contributed by atoms with Gasteiger partial charge in [0.05, 0.1) is 96.0 Å². The third-order valence-electron chi connectivity index (χ3n) is 11.5. The van der Waals surface area contributed by atoms with Crippen molar-refractivity contribution in [1.82, 2.24) is 10.6 Å². The molecule has 0 aromatic carbocycles. The van der Waals surface area contributed by atoms with Crippen LogP contribution in [0.3, 0.4) is 0 Å². The molecule has 0 aliphatic rings. The summed E-state index contributed by atoms with van der Waals surface area (Å²) < 4.78 is 1.84. The fourth-order valence-corrected chi connectivity index (χ4v) is 9.32. The van der Waals surface area contributed by atoms with E-state index in [9.17, 15) is 61.3 Å². The summed E-state index contributed by atoms with van der Waals surface area (Å²) in [6.45, 7) is 6.53. The maximum Gasteiger partial charge on any atom is 0.152 e. The molecular weight excluding hydrogens is 784 g/mol. The van der Waals surface area contributed by atoms with E-state index in [-0.39, 0.29) is 61.7 Å². The maximum atomic E-state index is 11.0. The zero-order chi connectivity index (χ0) is 46.3. The first-order valence-electron chi connectivity index (χ1n) is 21.9. The number of quaternary nitrogens is 6. The normalized spacial score (nSPS) is 16.8. The van der Waals surface area contributed by atoms with Gasteiger partial charge < -0.3 is 98.8 Å². The molecule has 20 heteroatoms. The summed E-state index contributed by atoms with van der Waals surface area (Å²) in [6.07, 6.45) is -4.28. The summed E-state index contributed by atoms with van der Waals surface area (Å²) >= 11 is 0. The molecule has 0 amide bonds. The van der Waals surface area contributed by atoms with Crippen LogP contribution >= 0.6 is 0 Å². The van der Waals surface area contributed by atoms with E-state index in [2.05, 4.69) is 10.6 Å². The first-order chi connectivity index (χ1) is 27.8. The van der Waals surface area contributed by atoms with E-state index in [1.807, 2.05) is 56.4 Å². The second-order valence-electron chi connectivity index (χ2n) is 20.3. The molecule has 0 rings (SSSR count). The molecule has 0 aromatic rings. The Morgan fingerprint density at radius 3 is 0.683 bits per heavy atom. The minimum absolute atomic E-state index is 0.126. The molecule has 0 radical (unpaired) electrons. The van der Waals surface area contributed by atoms with E-state index in [1.165, 1.54) is 0 Å². The van der Waals surface area contributed by atoms with Crippen molar-refractivity contribution in [2.24, 2.45) is 0 Å². The molecule has 0 spiro atoms. The number of likely N-dealkylation sites (N-methyl/N-ethyl adjacent to an activating group) is 4. The first kappa shape index (κ1) is 59.2. The lowest BCUT2D eigenvalue weighted by atomic mass is 10.1. The van der Waals surface area contributed by atoms with Crippen LogP contribution in [0.15, 0.2) is 0 Å². The van der Waals surface area contributed by atoms with Crippen LogP contribution < -0.4 is 10.6 Å². The van der Waals surface area contributed by atoms with Crippen molar-refractivity contribution in [2.75, 3.05) is 227 Å². The second-order valence-corrected chi connectivity index (χ2v) is 20.3. The van der Waals surface area contributed by atoms with Gasteiger partial charge in [0, 0.05) is 26.2 Å². The molecule has 0 aromatic heterocycles. The molecule has 6 atom stereocenters. The fraction of sp³-hybridized carbons (Fsp3) is 1.00. The lowest BCUT2D eigenvalue weighted by Crippen LogP contribution is -2.60. The van der Waals surface area contributed by atoms with Crippen LogP contribution in [0.2, 0.25) is 0 Å². The Balaban J connectivity index is 4.69.